The monoisotopic (exact) mass is 299 g/mol. The number of rotatable bonds is 6. The van der Waals surface area contributed by atoms with E-state index in [1.807, 2.05) is 56.3 Å². The second-order valence-electron chi connectivity index (χ2n) is 5.00. The molecule has 116 valence electrons. The summed E-state index contributed by atoms with van der Waals surface area (Å²) >= 11 is 0. The molecule has 0 saturated heterocycles. The van der Waals surface area contributed by atoms with Gasteiger partial charge in [-0.25, -0.2) is 0 Å². The van der Waals surface area contributed by atoms with Crippen molar-refractivity contribution < 1.29 is 14.3 Å². The molecule has 4 heteroatoms. The highest BCUT2D eigenvalue weighted by atomic mass is 16.5. The van der Waals surface area contributed by atoms with Crippen molar-refractivity contribution in [3.63, 3.8) is 0 Å². The molecule has 0 aliphatic rings. The first-order valence-corrected chi connectivity index (χ1v) is 7.36. The fraction of sp³-hybridized carbons (Fsp3) is 0.278. The Hall–Kier alpha value is -2.49. The third-order valence-electron chi connectivity index (χ3n) is 3.11. The zero-order chi connectivity index (χ0) is 15.9. The average Bonchev–Trinajstić information content (AvgIpc) is 2.49. The minimum absolute atomic E-state index is 0.197. The molecule has 0 aliphatic carbocycles. The molecule has 4 nitrogen and oxygen atoms in total. The number of benzene rings is 2. The van der Waals surface area contributed by atoms with Gasteiger partial charge in [-0.05, 0) is 50.6 Å². The number of carbonyl (C=O) groups is 1. The quantitative estimate of drug-likeness (QED) is 0.882. The molecule has 1 N–H and O–H groups in total. The Morgan fingerprint density at radius 3 is 2.55 bits per heavy atom. The first kappa shape index (κ1) is 15.9. The van der Waals surface area contributed by atoms with E-state index in [1.165, 1.54) is 0 Å². The lowest BCUT2D eigenvalue weighted by Gasteiger charge is -2.17. The molecular weight excluding hydrogens is 278 g/mol. The average molecular weight is 299 g/mol. The SMILES string of the molecule is CCOc1ccccc1O[C@@H](C)C(=O)Nc1cccc(C)c1. The zero-order valence-electron chi connectivity index (χ0n) is 13.1. The third-order valence-corrected chi connectivity index (χ3v) is 3.11. The van der Waals surface area contributed by atoms with Crippen LogP contribution in [0.2, 0.25) is 0 Å². The Morgan fingerprint density at radius 2 is 1.86 bits per heavy atom. The Labute approximate surface area is 131 Å². The maximum absolute atomic E-state index is 12.2. The molecule has 0 fully saturated rings. The van der Waals surface area contributed by atoms with Gasteiger partial charge in [-0.2, -0.15) is 0 Å². The first-order valence-electron chi connectivity index (χ1n) is 7.36. The van der Waals surface area contributed by atoms with Crippen molar-refractivity contribution in [3.05, 3.63) is 54.1 Å². The zero-order valence-corrected chi connectivity index (χ0v) is 13.1. The predicted molar refractivity (Wildman–Crippen MR) is 87.5 cm³/mol. The summed E-state index contributed by atoms with van der Waals surface area (Å²) in [7, 11) is 0. The lowest BCUT2D eigenvalue weighted by atomic mass is 10.2. The molecule has 1 amide bonds. The minimum Gasteiger partial charge on any atom is -0.490 e. The van der Waals surface area contributed by atoms with Crippen LogP contribution in [0.15, 0.2) is 48.5 Å². The number of carbonyl (C=O) groups excluding carboxylic acids is 1. The van der Waals surface area contributed by atoms with Gasteiger partial charge in [0.05, 0.1) is 6.61 Å². The van der Waals surface area contributed by atoms with Crippen molar-refractivity contribution in [2.75, 3.05) is 11.9 Å². The number of ether oxygens (including phenoxy) is 2. The second-order valence-corrected chi connectivity index (χ2v) is 5.00. The molecule has 0 unspecified atom stereocenters. The molecule has 0 heterocycles. The summed E-state index contributed by atoms with van der Waals surface area (Å²) in [5, 5.41) is 2.85. The summed E-state index contributed by atoms with van der Waals surface area (Å²) in [6, 6.07) is 15.0. The molecule has 0 aliphatic heterocycles. The van der Waals surface area contributed by atoms with Crippen LogP contribution < -0.4 is 14.8 Å². The van der Waals surface area contributed by atoms with Crippen LogP contribution in [-0.2, 0) is 4.79 Å². The van der Waals surface area contributed by atoms with Crippen LogP contribution in [-0.4, -0.2) is 18.6 Å². The number of para-hydroxylation sites is 2. The third kappa shape index (κ3) is 4.25. The summed E-state index contributed by atoms with van der Waals surface area (Å²) in [5.74, 6) is 1.01. The number of nitrogens with one attached hydrogen (secondary N) is 1. The Balaban J connectivity index is 2.02. The summed E-state index contributed by atoms with van der Waals surface area (Å²) in [6.45, 7) is 6.15. The molecule has 2 rings (SSSR count). The van der Waals surface area contributed by atoms with E-state index in [1.54, 1.807) is 13.0 Å². The predicted octanol–water partition coefficient (Wildman–Crippen LogP) is 3.80. The molecule has 0 bridgehead atoms. The van der Waals surface area contributed by atoms with Gasteiger partial charge < -0.3 is 14.8 Å². The highest BCUT2D eigenvalue weighted by Crippen LogP contribution is 2.27. The van der Waals surface area contributed by atoms with E-state index in [2.05, 4.69) is 5.32 Å². The molecule has 22 heavy (non-hydrogen) atoms. The largest absolute Gasteiger partial charge is 0.490 e. The topological polar surface area (TPSA) is 47.6 Å². The molecule has 0 aromatic heterocycles. The highest BCUT2D eigenvalue weighted by Gasteiger charge is 2.17. The van der Waals surface area contributed by atoms with Crippen molar-refractivity contribution in [2.45, 2.75) is 26.9 Å². The van der Waals surface area contributed by atoms with Gasteiger partial charge in [-0.3, -0.25) is 4.79 Å². The Bertz CT molecular complexity index is 640. The summed E-state index contributed by atoms with van der Waals surface area (Å²) in [4.78, 5) is 12.2. The smallest absolute Gasteiger partial charge is 0.265 e. The summed E-state index contributed by atoms with van der Waals surface area (Å²) < 4.78 is 11.2. The van der Waals surface area contributed by atoms with Gasteiger partial charge >= 0.3 is 0 Å². The van der Waals surface area contributed by atoms with E-state index < -0.39 is 6.10 Å². The lowest BCUT2D eigenvalue weighted by Crippen LogP contribution is -2.30. The van der Waals surface area contributed by atoms with Gasteiger partial charge in [0.15, 0.2) is 17.6 Å². The summed E-state index contributed by atoms with van der Waals surface area (Å²) in [6.07, 6.45) is -0.623. The van der Waals surface area contributed by atoms with E-state index in [9.17, 15) is 4.79 Å². The highest BCUT2D eigenvalue weighted by molar-refractivity contribution is 5.94. The van der Waals surface area contributed by atoms with Gasteiger partial charge in [-0.1, -0.05) is 24.3 Å². The van der Waals surface area contributed by atoms with Crippen molar-refractivity contribution in [2.24, 2.45) is 0 Å². The second kappa shape index (κ2) is 7.50. The van der Waals surface area contributed by atoms with Crippen molar-refractivity contribution in [1.82, 2.24) is 0 Å². The van der Waals surface area contributed by atoms with E-state index in [0.717, 1.165) is 11.3 Å². The normalized spacial score (nSPS) is 11.6. The van der Waals surface area contributed by atoms with Crippen LogP contribution in [0, 0.1) is 6.92 Å². The number of aryl methyl sites for hydroxylation is 1. The van der Waals surface area contributed by atoms with Crippen molar-refractivity contribution in [3.8, 4) is 11.5 Å². The molecule has 0 spiro atoms. The van der Waals surface area contributed by atoms with Crippen LogP contribution >= 0.6 is 0 Å². The van der Waals surface area contributed by atoms with Crippen LogP contribution in [0.5, 0.6) is 11.5 Å². The van der Waals surface area contributed by atoms with Crippen LogP contribution in [0.25, 0.3) is 0 Å². The number of hydrogen-bond acceptors (Lipinski definition) is 3. The Morgan fingerprint density at radius 1 is 1.14 bits per heavy atom. The molecule has 2 aromatic rings. The van der Waals surface area contributed by atoms with Crippen molar-refractivity contribution in [1.29, 1.82) is 0 Å². The summed E-state index contributed by atoms with van der Waals surface area (Å²) in [5.41, 5.74) is 1.85. The maximum atomic E-state index is 12.2. The van der Waals surface area contributed by atoms with E-state index in [0.29, 0.717) is 18.1 Å². The van der Waals surface area contributed by atoms with Gasteiger partial charge in [0.1, 0.15) is 0 Å². The first-order chi connectivity index (χ1) is 10.6. The molecule has 0 saturated carbocycles. The molecule has 2 aromatic carbocycles. The standard InChI is InChI=1S/C18H21NO3/c1-4-21-16-10-5-6-11-17(16)22-14(3)18(20)19-15-9-7-8-13(2)12-15/h5-12,14H,4H2,1-3H3,(H,19,20)/t14-/m0/s1. The molecule has 0 radical (unpaired) electrons. The van der Waals surface area contributed by atoms with Gasteiger partial charge in [0, 0.05) is 5.69 Å². The van der Waals surface area contributed by atoms with Crippen LogP contribution in [0.4, 0.5) is 5.69 Å². The van der Waals surface area contributed by atoms with E-state index in [-0.39, 0.29) is 5.91 Å². The number of hydrogen-bond donors (Lipinski definition) is 1. The van der Waals surface area contributed by atoms with Crippen LogP contribution in [0.1, 0.15) is 19.4 Å². The molecule has 1 atom stereocenters. The van der Waals surface area contributed by atoms with Gasteiger partial charge in [0.25, 0.3) is 5.91 Å². The van der Waals surface area contributed by atoms with Gasteiger partial charge in [0.2, 0.25) is 0 Å². The van der Waals surface area contributed by atoms with Gasteiger partial charge in [-0.15, -0.1) is 0 Å². The minimum atomic E-state index is -0.623. The van der Waals surface area contributed by atoms with E-state index >= 15 is 0 Å². The fourth-order valence-electron chi connectivity index (χ4n) is 2.03. The van der Waals surface area contributed by atoms with Crippen molar-refractivity contribution >= 4 is 11.6 Å². The molecular formula is C18H21NO3. The fourth-order valence-corrected chi connectivity index (χ4v) is 2.03. The number of anilines is 1. The maximum Gasteiger partial charge on any atom is 0.265 e. The van der Waals surface area contributed by atoms with Crippen LogP contribution in [0.3, 0.4) is 0 Å². The lowest BCUT2D eigenvalue weighted by molar-refractivity contribution is -0.122. The van der Waals surface area contributed by atoms with E-state index in [4.69, 9.17) is 9.47 Å². The number of amides is 1. The Kier molecular flexibility index (Phi) is 5.42.